The molecule has 2 saturated carbocycles. The SMILES string of the molecule is CNC(=O)OC1CCC2[C@H]3CCc4cc(O)ccc4C3CCC12C. The molecule has 2 fully saturated rings. The van der Waals surface area contributed by atoms with E-state index in [1.165, 1.54) is 17.5 Å². The summed E-state index contributed by atoms with van der Waals surface area (Å²) in [5, 5.41) is 12.4. The van der Waals surface area contributed by atoms with Gasteiger partial charge in [-0.3, -0.25) is 0 Å². The molecule has 3 aliphatic carbocycles. The summed E-state index contributed by atoms with van der Waals surface area (Å²) in [5.41, 5.74) is 2.89. The van der Waals surface area contributed by atoms with Crippen LogP contribution < -0.4 is 5.32 Å². The van der Waals surface area contributed by atoms with Crippen LogP contribution in [-0.2, 0) is 11.2 Å². The zero-order valence-corrected chi connectivity index (χ0v) is 14.5. The number of carbonyl (C=O) groups excluding carboxylic acids is 1. The number of aromatic hydroxyl groups is 1. The summed E-state index contributed by atoms with van der Waals surface area (Å²) >= 11 is 0. The van der Waals surface area contributed by atoms with Crippen molar-refractivity contribution in [2.75, 3.05) is 7.05 Å². The summed E-state index contributed by atoms with van der Waals surface area (Å²) in [6.45, 7) is 2.33. The molecule has 1 aromatic rings. The van der Waals surface area contributed by atoms with E-state index in [2.05, 4.69) is 18.3 Å². The van der Waals surface area contributed by atoms with Gasteiger partial charge in [0.1, 0.15) is 11.9 Å². The molecule has 0 saturated heterocycles. The first-order valence-electron chi connectivity index (χ1n) is 9.23. The van der Waals surface area contributed by atoms with Crippen LogP contribution in [-0.4, -0.2) is 24.4 Å². The lowest BCUT2D eigenvalue weighted by Gasteiger charge is -2.50. The molecule has 0 bridgehead atoms. The van der Waals surface area contributed by atoms with Crippen molar-refractivity contribution < 1.29 is 14.6 Å². The molecule has 4 heteroatoms. The first-order valence-corrected chi connectivity index (χ1v) is 9.23. The Morgan fingerprint density at radius 2 is 2.12 bits per heavy atom. The summed E-state index contributed by atoms with van der Waals surface area (Å²) in [6.07, 6.45) is 6.40. The predicted octanol–water partition coefficient (Wildman–Crippen LogP) is 3.97. The average molecular weight is 329 g/mol. The highest BCUT2D eigenvalue weighted by atomic mass is 16.6. The van der Waals surface area contributed by atoms with Crippen molar-refractivity contribution in [3.63, 3.8) is 0 Å². The number of alkyl carbamates (subject to hydrolysis) is 1. The number of ether oxygens (including phenoxy) is 1. The fourth-order valence-electron chi connectivity index (χ4n) is 5.90. The van der Waals surface area contributed by atoms with E-state index in [0.717, 1.165) is 32.1 Å². The van der Waals surface area contributed by atoms with Crippen LogP contribution in [0.25, 0.3) is 0 Å². The lowest BCUT2D eigenvalue weighted by Crippen LogP contribution is -2.45. The van der Waals surface area contributed by atoms with E-state index < -0.39 is 0 Å². The lowest BCUT2D eigenvalue weighted by molar-refractivity contribution is -0.0310. The van der Waals surface area contributed by atoms with Crippen LogP contribution in [0.4, 0.5) is 4.79 Å². The number of phenolic OH excluding ortho intramolecular Hbond substituents is 1. The Bertz CT molecular complexity index is 658. The topological polar surface area (TPSA) is 58.6 Å². The minimum absolute atomic E-state index is 0.0459. The van der Waals surface area contributed by atoms with Crippen LogP contribution in [0, 0.1) is 17.3 Å². The molecule has 4 unspecified atom stereocenters. The van der Waals surface area contributed by atoms with Crippen LogP contribution in [0.2, 0.25) is 0 Å². The molecule has 24 heavy (non-hydrogen) atoms. The van der Waals surface area contributed by atoms with Gasteiger partial charge in [-0.2, -0.15) is 0 Å². The molecule has 0 spiro atoms. The number of carbonyl (C=O) groups is 1. The Morgan fingerprint density at radius 1 is 1.29 bits per heavy atom. The zero-order valence-electron chi connectivity index (χ0n) is 14.5. The third-order valence-electron chi connectivity index (χ3n) is 7.08. The molecule has 3 aliphatic rings. The monoisotopic (exact) mass is 329 g/mol. The third kappa shape index (κ3) is 2.30. The van der Waals surface area contributed by atoms with E-state index in [-0.39, 0.29) is 17.6 Å². The quantitative estimate of drug-likeness (QED) is 0.819. The van der Waals surface area contributed by atoms with Gasteiger partial charge < -0.3 is 15.2 Å². The Balaban J connectivity index is 1.60. The van der Waals surface area contributed by atoms with Gasteiger partial charge in [0, 0.05) is 12.5 Å². The summed E-state index contributed by atoms with van der Waals surface area (Å²) in [6, 6.07) is 5.92. The second-order valence-electron chi connectivity index (χ2n) is 8.06. The summed E-state index contributed by atoms with van der Waals surface area (Å²) in [7, 11) is 1.63. The van der Waals surface area contributed by atoms with Crippen molar-refractivity contribution in [2.24, 2.45) is 17.3 Å². The van der Waals surface area contributed by atoms with E-state index in [4.69, 9.17) is 4.74 Å². The number of rotatable bonds is 1. The Labute approximate surface area is 143 Å². The minimum Gasteiger partial charge on any atom is -0.508 e. The molecule has 0 radical (unpaired) electrons. The molecule has 4 rings (SSSR count). The predicted molar refractivity (Wildman–Crippen MR) is 92.1 cm³/mol. The maximum Gasteiger partial charge on any atom is 0.407 e. The van der Waals surface area contributed by atoms with E-state index in [1.54, 1.807) is 7.05 Å². The first kappa shape index (κ1) is 15.8. The Hall–Kier alpha value is -1.71. The highest BCUT2D eigenvalue weighted by Gasteiger charge is 2.56. The van der Waals surface area contributed by atoms with Crippen LogP contribution >= 0.6 is 0 Å². The van der Waals surface area contributed by atoms with Gasteiger partial charge in [-0.1, -0.05) is 13.0 Å². The molecular formula is C20H27NO3. The maximum atomic E-state index is 11.7. The van der Waals surface area contributed by atoms with Crippen LogP contribution in [0.5, 0.6) is 5.75 Å². The number of nitrogens with one attached hydrogen (secondary N) is 1. The smallest absolute Gasteiger partial charge is 0.407 e. The van der Waals surface area contributed by atoms with Crippen molar-refractivity contribution in [3.05, 3.63) is 29.3 Å². The summed E-state index contributed by atoms with van der Waals surface area (Å²) < 4.78 is 5.71. The molecule has 1 aromatic carbocycles. The molecular weight excluding hydrogens is 302 g/mol. The van der Waals surface area contributed by atoms with Gasteiger partial charge >= 0.3 is 6.09 Å². The molecule has 0 heterocycles. The van der Waals surface area contributed by atoms with Gasteiger partial charge in [0.2, 0.25) is 0 Å². The fourth-order valence-corrected chi connectivity index (χ4v) is 5.90. The molecule has 130 valence electrons. The van der Waals surface area contributed by atoms with E-state index in [0.29, 0.717) is 23.5 Å². The Kier molecular flexibility index (Phi) is 3.74. The summed E-state index contributed by atoms with van der Waals surface area (Å²) in [5.74, 6) is 2.30. The average Bonchev–Trinajstić information content (AvgIpc) is 2.90. The second-order valence-corrected chi connectivity index (χ2v) is 8.06. The molecule has 0 aromatic heterocycles. The van der Waals surface area contributed by atoms with Gasteiger partial charge in [-0.25, -0.2) is 4.79 Å². The highest BCUT2D eigenvalue weighted by Crippen LogP contribution is 2.61. The Morgan fingerprint density at radius 3 is 2.92 bits per heavy atom. The number of fused-ring (bicyclic) bond motifs is 5. The van der Waals surface area contributed by atoms with Crippen LogP contribution in [0.1, 0.15) is 56.1 Å². The van der Waals surface area contributed by atoms with Gasteiger partial charge in [0.15, 0.2) is 0 Å². The minimum atomic E-state index is -0.298. The van der Waals surface area contributed by atoms with Crippen molar-refractivity contribution in [1.29, 1.82) is 0 Å². The highest BCUT2D eigenvalue weighted by molar-refractivity contribution is 5.67. The normalized spacial score (nSPS) is 37.1. The third-order valence-corrected chi connectivity index (χ3v) is 7.08. The maximum absolute atomic E-state index is 11.7. The van der Waals surface area contributed by atoms with Crippen molar-refractivity contribution in [2.45, 2.75) is 57.5 Å². The van der Waals surface area contributed by atoms with Crippen molar-refractivity contribution in [3.8, 4) is 5.75 Å². The van der Waals surface area contributed by atoms with Gasteiger partial charge in [-0.15, -0.1) is 0 Å². The van der Waals surface area contributed by atoms with Crippen molar-refractivity contribution in [1.82, 2.24) is 5.32 Å². The van der Waals surface area contributed by atoms with E-state index in [1.807, 2.05) is 12.1 Å². The summed E-state index contributed by atoms with van der Waals surface area (Å²) in [4.78, 5) is 11.7. The molecule has 5 atom stereocenters. The standard InChI is InChI=1S/C20H27NO3/c1-20-10-9-15-14-6-4-13(22)11-12(14)3-5-16(15)17(20)7-8-18(20)24-19(23)21-2/h4,6,11,15-18,22H,3,5,7-10H2,1-2H3,(H,21,23)/t15?,16-,17?,18?,20?/m0/s1. The van der Waals surface area contributed by atoms with E-state index in [9.17, 15) is 9.90 Å². The number of hydrogen-bond acceptors (Lipinski definition) is 3. The van der Waals surface area contributed by atoms with Crippen LogP contribution in [0.3, 0.4) is 0 Å². The van der Waals surface area contributed by atoms with Gasteiger partial charge in [-0.05, 0) is 79.5 Å². The number of benzene rings is 1. The zero-order chi connectivity index (χ0) is 16.9. The molecule has 4 nitrogen and oxygen atoms in total. The number of hydrogen-bond donors (Lipinski definition) is 2. The number of amides is 1. The van der Waals surface area contributed by atoms with E-state index >= 15 is 0 Å². The van der Waals surface area contributed by atoms with Crippen LogP contribution in [0.15, 0.2) is 18.2 Å². The largest absolute Gasteiger partial charge is 0.508 e. The molecule has 0 aliphatic heterocycles. The fraction of sp³-hybridized carbons (Fsp3) is 0.650. The number of aryl methyl sites for hydroxylation is 1. The first-order chi connectivity index (χ1) is 11.5. The van der Waals surface area contributed by atoms with Gasteiger partial charge in [0.05, 0.1) is 0 Å². The van der Waals surface area contributed by atoms with Gasteiger partial charge in [0.25, 0.3) is 0 Å². The second kappa shape index (κ2) is 5.68. The lowest BCUT2D eigenvalue weighted by atomic mass is 9.55. The molecule has 2 N–H and O–H groups in total. The number of phenols is 1. The van der Waals surface area contributed by atoms with Crippen molar-refractivity contribution >= 4 is 6.09 Å². The molecule has 1 amide bonds.